The van der Waals surface area contributed by atoms with Crippen molar-refractivity contribution in [3.63, 3.8) is 0 Å². The van der Waals surface area contributed by atoms with Crippen LogP contribution in [0.25, 0.3) is 5.82 Å². The first-order valence-electron chi connectivity index (χ1n) is 12.5. The van der Waals surface area contributed by atoms with Gasteiger partial charge in [-0.2, -0.15) is 5.10 Å². The second kappa shape index (κ2) is 9.74. The summed E-state index contributed by atoms with van der Waals surface area (Å²) >= 11 is 0. The molecule has 1 spiro atoms. The predicted molar refractivity (Wildman–Crippen MR) is 137 cm³/mol. The molecule has 2 aliphatic rings. The highest BCUT2D eigenvalue weighted by atomic mass is 19.1. The predicted octanol–water partition coefficient (Wildman–Crippen LogP) is 3.35. The van der Waals surface area contributed by atoms with Crippen LogP contribution < -0.4 is 5.32 Å². The largest absolute Gasteiger partial charge is 0.444 e. The van der Waals surface area contributed by atoms with Crippen LogP contribution in [-0.2, 0) is 14.3 Å². The lowest BCUT2D eigenvalue weighted by Crippen LogP contribution is -2.68. The molecule has 4 rings (SSSR count). The van der Waals surface area contributed by atoms with Crippen molar-refractivity contribution in [1.29, 1.82) is 0 Å². The van der Waals surface area contributed by atoms with Crippen LogP contribution in [-0.4, -0.2) is 72.3 Å². The number of aromatic nitrogens is 3. The highest BCUT2D eigenvalue weighted by Crippen LogP contribution is 2.46. The molecule has 11 heteroatoms. The smallest absolute Gasteiger partial charge is 0.410 e. The lowest BCUT2D eigenvalue weighted by Gasteiger charge is -2.57. The van der Waals surface area contributed by atoms with E-state index >= 15 is 0 Å². The Hall–Kier alpha value is -3.94. The van der Waals surface area contributed by atoms with E-state index in [2.05, 4.69) is 21.3 Å². The number of nitrogens with zero attached hydrogens (tertiary/aromatic N) is 5. The van der Waals surface area contributed by atoms with E-state index < -0.39 is 28.6 Å². The zero-order chi connectivity index (χ0) is 27.9. The van der Waals surface area contributed by atoms with E-state index in [1.165, 1.54) is 10.9 Å². The molecule has 2 saturated heterocycles. The highest BCUT2D eigenvalue weighted by Gasteiger charge is 2.54. The Morgan fingerprint density at radius 1 is 1.16 bits per heavy atom. The van der Waals surface area contributed by atoms with E-state index in [1.54, 1.807) is 17.2 Å². The van der Waals surface area contributed by atoms with Gasteiger partial charge in [0, 0.05) is 19.3 Å². The van der Waals surface area contributed by atoms with E-state index in [9.17, 15) is 18.8 Å². The summed E-state index contributed by atoms with van der Waals surface area (Å²) < 4.78 is 20.2. The van der Waals surface area contributed by atoms with Gasteiger partial charge in [-0.1, -0.05) is 6.07 Å². The Morgan fingerprint density at radius 2 is 1.84 bits per heavy atom. The number of carbonyl (C=O) groups is 1. The Labute approximate surface area is 221 Å². The first-order chi connectivity index (χ1) is 17.8. The molecule has 202 valence electrons. The number of piperidine rings is 1. The summed E-state index contributed by atoms with van der Waals surface area (Å²) in [5.41, 5.74) is -0.985. The summed E-state index contributed by atoms with van der Waals surface area (Å²) in [4.78, 5) is 45.3. The standard InChI is InChI=1S/C27H33FN6O4/c1-18(19-7-8-23(29-13-19)33-15-20(28)14-30-33)34-22(17-36)27(31-21(16-35)26(34,5)6)9-11-32(12-10-27)24(37)38-25(2,3)4/h7-8,13-15,18,31H,9-12H2,1-6H3. The summed E-state index contributed by atoms with van der Waals surface area (Å²) in [6.07, 6.45) is 4.31. The second-order valence-electron chi connectivity index (χ2n) is 11.3. The van der Waals surface area contributed by atoms with Gasteiger partial charge >= 0.3 is 6.09 Å². The van der Waals surface area contributed by atoms with Crippen LogP contribution in [0.2, 0.25) is 0 Å². The van der Waals surface area contributed by atoms with Crippen molar-refractivity contribution in [2.24, 2.45) is 0 Å². The fraction of sp³-hybridized carbons (Fsp3) is 0.519. The van der Waals surface area contributed by atoms with Crippen LogP contribution in [0.1, 0.15) is 66.0 Å². The molecule has 0 saturated carbocycles. The number of hydrogen-bond acceptors (Lipinski definition) is 8. The summed E-state index contributed by atoms with van der Waals surface area (Å²) in [6, 6.07) is 3.15. The average Bonchev–Trinajstić information content (AvgIpc) is 3.30. The van der Waals surface area contributed by atoms with Gasteiger partial charge < -0.3 is 19.9 Å². The molecule has 2 aliphatic heterocycles. The number of nitrogens with one attached hydrogen (secondary N) is 1. The maximum absolute atomic E-state index is 13.4. The molecule has 2 aromatic heterocycles. The fourth-order valence-corrected chi connectivity index (χ4v) is 5.17. The zero-order valence-corrected chi connectivity index (χ0v) is 22.5. The van der Waals surface area contributed by atoms with Crippen LogP contribution in [0.3, 0.4) is 0 Å². The van der Waals surface area contributed by atoms with E-state index in [0.717, 1.165) is 11.8 Å². The molecular weight excluding hydrogens is 491 g/mol. The topological polar surface area (TPSA) is 110 Å². The van der Waals surface area contributed by atoms with Crippen LogP contribution in [0.5, 0.6) is 0 Å². The van der Waals surface area contributed by atoms with E-state index in [4.69, 9.17) is 4.74 Å². The van der Waals surface area contributed by atoms with Crippen molar-refractivity contribution < 1.29 is 23.5 Å². The number of hydrogen-bond donors (Lipinski definition) is 1. The summed E-state index contributed by atoms with van der Waals surface area (Å²) in [5, 5.41) is 7.23. The van der Waals surface area contributed by atoms with Gasteiger partial charge in [0.05, 0.1) is 29.5 Å². The van der Waals surface area contributed by atoms with Crippen molar-refractivity contribution in [3.8, 4) is 5.82 Å². The van der Waals surface area contributed by atoms with Gasteiger partial charge in [0.25, 0.3) is 0 Å². The molecule has 10 nitrogen and oxygen atoms in total. The number of carbonyl (C=O) groups excluding carboxylic acids is 3. The number of piperazine rings is 1. The van der Waals surface area contributed by atoms with Gasteiger partial charge in [0.15, 0.2) is 11.6 Å². The minimum absolute atomic E-state index is 0.311. The van der Waals surface area contributed by atoms with Gasteiger partial charge in [-0.05, 0) is 66.0 Å². The number of pyridine rings is 1. The van der Waals surface area contributed by atoms with Crippen molar-refractivity contribution in [1.82, 2.24) is 29.9 Å². The molecule has 4 heterocycles. The molecule has 2 fully saturated rings. The Balaban J connectivity index is 1.64. The van der Waals surface area contributed by atoms with Crippen LogP contribution in [0.4, 0.5) is 9.18 Å². The molecule has 0 aliphatic carbocycles. The quantitative estimate of drug-likeness (QED) is 0.609. The van der Waals surface area contributed by atoms with Gasteiger partial charge in [-0.3, -0.25) is 0 Å². The van der Waals surface area contributed by atoms with Crippen molar-refractivity contribution in [3.05, 3.63) is 53.5 Å². The monoisotopic (exact) mass is 524 g/mol. The minimum atomic E-state index is -0.911. The number of likely N-dealkylation sites (tertiary alicyclic amines) is 1. The summed E-state index contributed by atoms with van der Waals surface area (Å²) in [5.74, 6) is 4.18. The maximum atomic E-state index is 13.4. The molecular formula is C27H33FN6O4. The highest BCUT2D eigenvalue weighted by molar-refractivity contribution is 5.69. The maximum Gasteiger partial charge on any atom is 0.410 e. The van der Waals surface area contributed by atoms with Gasteiger partial charge in [-0.25, -0.2) is 28.4 Å². The van der Waals surface area contributed by atoms with E-state index in [-0.39, 0.29) is 6.04 Å². The molecule has 0 aromatic carbocycles. The Kier molecular flexibility index (Phi) is 6.95. The number of halogens is 1. The minimum Gasteiger partial charge on any atom is -0.444 e. The SMILES string of the molecule is CC(c1ccc(-n2cc(F)cn2)nc1)N1C(=C=O)C2(CCN(C(=O)OC(C)(C)C)CC2)NC(=C=O)C1(C)C. The Morgan fingerprint density at radius 3 is 2.34 bits per heavy atom. The molecule has 1 atom stereocenters. The molecule has 1 amide bonds. The number of amides is 1. The summed E-state index contributed by atoms with van der Waals surface area (Å²) in [6.45, 7) is 11.7. The van der Waals surface area contributed by atoms with E-state index in [0.29, 0.717) is 43.1 Å². The van der Waals surface area contributed by atoms with Gasteiger partial charge in [0.1, 0.15) is 28.9 Å². The molecule has 38 heavy (non-hydrogen) atoms. The Bertz CT molecular complexity index is 1310. The number of ether oxygens (including phenoxy) is 1. The molecule has 1 N–H and O–H groups in total. The molecule has 0 radical (unpaired) electrons. The molecule has 1 unspecified atom stereocenters. The first-order valence-corrected chi connectivity index (χ1v) is 12.5. The number of rotatable bonds is 3. The van der Waals surface area contributed by atoms with Crippen molar-refractivity contribution in [2.75, 3.05) is 13.1 Å². The van der Waals surface area contributed by atoms with Crippen LogP contribution >= 0.6 is 0 Å². The normalized spacial score (nSPS) is 19.4. The third-order valence-corrected chi connectivity index (χ3v) is 7.17. The van der Waals surface area contributed by atoms with Crippen LogP contribution in [0, 0.1) is 5.82 Å². The third kappa shape index (κ3) is 4.95. The fourth-order valence-electron chi connectivity index (χ4n) is 5.17. The summed E-state index contributed by atoms with van der Waals surface area (Å²) in [7, 11) is 0. The lowest BCUT2D eigenvalue weighted by atomic mass is 9.76. The van der Waals surface area contributed by atoms with Crippen LogP contribution in [0.15, 0.2) is 42.1 Å². The second-order valence-corrected chi connectivity index (χ2v) is 11.3. The average molecular weight is 525 g/mol. The van der Waals surface area contributed by atoms with Gasteiger partial charge in [0.2, 0.25) is 0 Å². The van der Waals surface area contributed by atoms with Gasteiger partial charge in [-0.15, -0.1) is 0 Å². The van der Waals surface area contributed by atoms with Crippen molar-refractivity contribution >= 4 is 18.0 Å². The zero-order valence-electron chi connectivity index (χ0n) is 22.5. The third-order valence-electron chi connectivity index (χ3n) is 7.17. The lowest BCUT2D eigenvalue weighted by molar-refractivity contribution is 0.00792. The molecule has 0 bridgehead atoms. The first kappa shape index (κ1) is 27.1. The van der Waals surface area contributed by atoms with Crippen molar-refractivity contribution in [2.45, 2.75) is 77.1 Å². The van der Waals surface area contributed by atoms with E-state index in [1.807, 2.05) is 58.5 Å². The molecule has 2 aromatic rings.